The molecule has 22 heavy (non-hydrogen) atoms. The van der Waals surface area contributed by atoms with E-state index in [-0.39, 0.29) is 5.82 Å². The van der Waals surface area contributed by atoms with E-state index in [0.717, 1.165) is 32.5 Å². The van der Waals surface area contributed by atoms with E-state index >= 15 is 0 Å². The molecule has 2 heterocycles. The minimum Gasteiger partial charge on any atom is -0.490 e. The van der Waals surface area contributed by atoms with Crippen molar-refractivity contribution in [3.05, 3.63) is 48.0 Å². The highest BCUT2D eigenvalue weighted by Gasteiger charge is 2.21. The van der Waals surface area contributed by atoms with Gasteiger partial charge in [0.2, 0.25) is 0 Å². The maximum atomic E-state index is 13.6. The van der Waals surface area contributed by atoms with Gasteiger partial charge < -0.3 is 4.74 Å². The van der Waals surface area contributed by atoms with Crippen LogP contribution in [0.5, 0.6) is 5.75 Å². The lowest BCUT2D eigenvalue weighted by molar-refractivity contribution is 0.121. The number of hydrogen-bond acceptors (Lipinski definition) is 3. The second-order valence-electron chi connectivity index (χ2n) is 5.93. The normalized spacial score (nSPS) is 19.3. The summed E-state index contributed by atoms with van der Waals surface area (Å²) in [6, 6.07) is 8.66. The number of piperidine rings is 1. The first-order valence-corrected chi connectivity index (χ1v) is 7.79. The summed E-state index contributed by atoms with van der Waals surface area (Å²) >= 11 is 0. The van der Waals surface area contributed by atoms with Crippen LogP contribution in [0.2, 0.25) is 0 Å². The molecule has 1 aromatic carbocycles. The van der Waals surface area contributed by atoms with Crippen molar-refractivity contribution in [2.45, 2.75) is 19.4 Å². The van der Waals surface area contributed by atoms with Crippen molar-refractivity contribution in [2.24, 2.45) is 13.0 Å². The Bertz CT molecular complexity index is 613. The van der Waals surface area contributed by atoms with Crippen molar-refractivity contribution in [2.75, 3.05) is 19.7 Å². The van der Waals surface area contributed by atoms with E-state index < -0.39 is 0 Å². The van der Waals surface area contributed by atoms with Crippen molar-refractivity contribution in [1.82, 2.24) is 14.7 Å². The molecule has 1 atom stereocenters. The molecule has 0 bridgehead atoms. The van der Waals surface area contributed by atoms with Crippen molar-refractivity contribution < 1.29 is 9.13 Å². The van der Waals surface area contributed by atoms with Crippen LogP contribution in [0.15, 0.2) is 36.5 Å². The van der Waals surface area contributed by atoms with Crippen molar-refractivity contribution in [3.63, 3.8) is 0 Å². The first kappa shape index (κ1) is 15.0. The quantitative estimate of drug-likeness (QED) is 0.851. The monoisotopic (exact) mass is 303 g/mol. The predicted molar refractivity (Wildman–Crippen MR) is 83.1 cm³/mol. The Morgan fingerprint density at radius 1 is 1.32 bits per heavy atom. The lowest BCUT2D eigenvalue weighted by atomic mass is 9.99. The number of benzene rings is 1. The Hall–Kier alpha value is -1.88. The highest BCUT2D eigenvalue weighted by Crippen LogP contribution is 2.21. The molecule has 0 N–H and O–H groups in total. The van der Waals surface area contributed by atoms with E-state index in [0.29, 0.717) is 18.3 Å². The number of rotatable bonds is 5. The Morgan fingerprint density at radius 2 is 2.18 bits per heavy atom. The Morgan fingerprint density at radius 3 is 2.95 bits per heavy atom. The SMILES string of the molecule is Cn1nccc1CN1CCC[C@H](COc2ccccc2F)C1. The van der Waals surface area contributed by atoms with Crippen LogP contribution in [-0.2, 0) is 13.6 Å². The molecule has 0 amide bonds. The Balaban J connectivity index is 1.52. The van der Waals surface area contributed by atoms with Gasteiger partial charge in [0.25, 0.3) is 0 Å². The summed E-state index contributed by atoms with van der Waals surface area (Å²) in [6.45, 7) is 3.57. The summed E-state index contributed by atoms with van der Waals surface area (Å²) in [4.78, 5) is 2.43. The minimum absolute atomic E-state index is 0.287. The molecule has 5 heteroatoms. The number of aryl methyl sites for hydroxylation is 1. The number of halogens is 1. The molecule has 0 aliphatic carbocycles. The molecule has 118 valence electrons. The molecule has 1 aliphatic rings. The number of ether oxygens (including phenoxy) is 1. The van der Waals surface area contributed by atoms with Gasteiger partial charge in [-0.15, -0.1) is 0 Å². The average molecular weight is 303 g/mol. The van der Waals surface area contributed by atoms with E-state index in [1.807, 2.05) is 17.9 Å². The van der Waals surface area contributed by atoms with Gasteiger partial charge >= 0.3 is 0 Å². The van der Waals surface area contributed by atoms with Gasteiger partial charge in [-0.1, -0.05) is 12.1 Å². The predicted octanol–water partition coefficient (Wildman–Crippen LogP) is 2.85. The number of para-hydroxylation sites is 1. The van der Waals surface area contributed by atoms with Gasteiger partial charge in [0, 0.05) is 32.3 Å². The highest BCUT2D eigenvalue weighted by molar-refractivity contribution is 5.23. The second kappa shape index (κ2) is 6.92. The fourth-order valence-corrected chi connectivity index (χ4v) is 2.99. The smallest absolute Gasteiger partial charge is 0.165 e. The lowest BCUT2D eigenvalue weighted by Crippen LogP contribution is -2.37. The van der Waals surface area contributed by atoms with Gasteiger partial charge in [0.1, 0.15) is 0 Å². The van der Waals surface area contributed by atoms with Crippen LogP contribution in [0.3, 0.4) is 0 Å². The Labute approximate surface area is 130 Å². The summed E-state index contributed by atoms with van der Waals surface area (Å²) in [5.74, 6) is 0.512. The molecular formula is C17H22FN3O. The van der Waals surface area contributed by atoms with Crippen LogP contribution in [0.25, 0.3) is 0 Å². The van der Waals surface area contributed by atoms with E-state index in [9.17, 15) is 4.39 Å². The summed E-state index contributed by atoms with van der Waals surface area (Å²) < 4.78 is 21.2. The molecule has 1 fully saturated rings. The lowest BCUT2D eigenvalue weighted by Gasteiger charge is -2.32. The van der Waals surface area contributed by atoms with Gasteiger partial charge in [-0.2, -0.15) is 5.10 Å². The highest BCUT2D eigenvalue weighted by atomic mass is 19.1. The van der Waals surface area contributed by atoms with Gasteiger partial charge in [0.05, 0.1) is 12.3 Å². The van der Waals surface area contributed by atoms with Crippen LogP contribution < -0.4 is 4.74 Å². The summed E-state index contributed by atoms with van der Waals surface area (Å²) in [5.41, 5.74) is 1.22. The third-order valence-corrected chi connectivity index (χ3v) is 4.22. The zero-order chi connectivity index (χ0) is 15.4. The standard InChI is InChI=1S/C17H22FN3O/c1-20-15(8-9-19-20)12-21-10-4-5-14(11-21)13-22-17-7-3-2-6-16(17)18/h2-3,6-9,14H,4-5,10-13H2,1H3/t14-/m0/s1. The molecule has 3 rings (SSSR count). The summed E-state index contributed by atoms with van der Waals surface area (Å²) in [7, 11) is 1.97. The first-order chi connectivity index (χ1) is 10.7. The van der Waals surface area contributed by atoms with E-state index in [1.165, 1.54) is 11.8 Å². The van der Waals surface area contributed by atoms with Gasteiger partial charge in [-0.25, -0.2) is 4.39 Å². The third kappa shape index (κ3) is 3.65. The molecule has 0 radical (unpaired) electrons. The number of nitrogens with zero attached hydrogens (tertiary/aromatic N) is 3. The maximum Gasteiger partial charge on any atom is 0.165 e. The second-order valence-corrected chi connectivity index (χ2v) is 5.93. The van der Waals surface area contributed by atoms with E-state index in [1.54, 1.807) is 18.2 Å². The third-order valence-electron chi connectivity index (χ3n) is 4.22. The van der Waals surface area contributed by atoms with Crippen molar-refractivity contribution in [3.8, 4) is 5.75 Å². The molecule has 4 nitrogen and oxygen atoms in total. The van der Waals surface area contributed by atoms with Crippen molar-refractivity contribution >= 4 is 0 Å². The molecule has 0 spiro atoms. The fraction of sp³-hybridized carbons (Fsp3) is 0.471. The molecule has 0 unspecified atom stereocenters. The number of hydrogen-bond donors (Lipinski definition) is 0. The molecule has 2 aromatic rings. The molecule has 1 aliphatic heterocycles. The number of likely N-dealkylation sites (tertiary alicyclic amines) is 1. The van der Waals surface area contributed by atoms with Crippen LogP contribution in [-0.4, -0.2) is 34.4 Å². The zero-order valence-corrected chi connectivity index (χ0v) is 12.9. The molecule has 1 aromatic heterocycles. The van der Waals surface area contributed by atoms with Crippen LogP contribution >= 0.6 is 0 Å². The first-order valence-electron chi connectivity index (χ1n) is 7.79. The zero-order valence-electron chi connectivity index (χ0n) is 12.9. The van der Waals surface area contributed by atoms with Crippen LogP contribution in [0.1, 0.15) is 18.5 Å². The van der Waals surface area contributed by atoms with Gasteiger partial charge in [0.15, 0.2) is 11.6 Å². The minimum atomic E-state index is -0.287. The summed E-state index contributed by atoms with van der Waals surface area (Å²) in [5, 5.41) is 4.21. The van der Waals surface area contributed by atoms with E-state index in [4.69, 9.17) is 4.74 Å². The largest absolute Gasteiger partial charge is 0.490 e. The Kier molecular flexibility index (Phi) is 4.73. The van der Waals surface area contributed by atoms with Crippen LogP contribution in [0, 0.1) is 11.7 Å². The molecular weight excluding hydrogens is 281 g/mol. The van der Waals surface area contributed by atoms with E-state index in [2.05, 4.69) is 16.1 Å². The maximum absolute atomic E-state index is 13.6. The number of aromatic nitrogens is 2. The summed E-state index contributed by atoms with van der Waals surface area (Å²) in [6.07, 6.45) is 4.12. The fourth-order valence-electron chi connectivity index (χ4n) is 2.99. The van der Waals surface area contributed by atoms with Gasteiger partial charge in [-0.05, 0) is 37.6 Å². The average Bonchev–Trinajstić information content (AvgIpc) is 2.92. The topological polar surface area (TPSA) is 30.3 Å². The van der Waals surface area contributed by atoms with Crippen LogP contribution in [0.4, 0.5) is 4.39 Å². The van der Waals surface area contributed by atoms with Gasteiger partial charge in [-0.3, -0.25) is 9.58 Å². The molecule has 1 saturated heterocycles. The molecule has 0 saturated carbocycles. The van der Waals surface area contributed by atoms with Crippen molar-refractivity contribution in [1.29, 1.82) is 0 Å².